The van der Waals surface area contributed by atoms with Gasteiger partial charge in [-0.3, -0.25) is 0 Å². The molecule has 1 heterocycles. The first-order valence-electron chi connectivity index (χ1n) is 5.94. The third-order valence-electron chi connectivity index (χ3n) is 3.26. The molecule has 2 nitrogen and oxygen atoms in total. The Hall–Kier alpha value is -0.540. The predicted octanol–water partition coefficient (Wildman–Crippen LogP) is 3.14. The minimum absolute atomic E-state index is 0.619. The van der Waals surface area contributed by atoms with Crippen LogP contribution in [0.3, 0.4) is 0 Å². The molecule has 16 heavy (non-hydrogen) atoms. The van der Waals surface area contributed by atoms with Gasteiger partial charge in [-0.1, -0.05) is 28.9 Å². The van der Waals surface area contributed by atoms with Gasteiger partial charge < -0.3 is 10.6 Å². The number of nitrogens with zero attached hydrogens (tertiary/aromatic N) is 1. The molecule has 0 aromatic heterocycles. The maximum atomic E-state index is 5.80. The van der Waals surface area contributed by atoms with Crippen molar-refractivity contribution in [1.29, 1.82) is 0 Å². The molecular weight excluding hydrogens is 264 g/mol. The molecule has 1 aromatic rings. The van der Waals surface area contributed by atoms with Crippen LogP contribution in [-0.4, -0.2) is 13.1 Å². The number of benzene rings is 1. The van der Waals surface area contributed by atoms with Crippen LogP contribution in [0.25, 0.3) is 0 Å². The molecule has 2 rings (SSSR count). The second-order valence-electron chi connectivity index (χ2n) is 4.67. The normalized spacial score (nSPS) is 21.2. The fourth-order valence-corrected chi connectivity index (χ4v) is 2.76. The summed E-state index contributed by atoms with van der Waals surface area (Å²) in [5, 5.41) is 0. The largest absolute Gasteiger partial charge is 0.371 e. The van der Waals surface area contributed by atoms with Crippen molar-refractivity contribution in [2.24, 2.45) is 11.7 Å². The summed E-state index contributed by atoms with van der Waals surface area (Å²) in [5.41, 5.74) is 8.36. The Morgan fingerprint density at radius 2 is 2.31 bits per heavy atom. The molecule has 1 saturated heterocycles. The molecule has 0 radical (unpaired) electrons. The van der Waals surface area contributed by atoms with E-state index >= 15 is 0 Å². The zero-order valence-corrected chi connectivity index (χ0v) is 11.3. The van der Waals surface area contributed by atoms with Gasteiger partial charge in [-0.15, -0.1) is 0 Å². The van der Waals surface area contributed by atoms with Crippen molar-refractivity contribution in [3.63, 3.8) is 0 Å². The number of nitrogens with two attached hydrogens (primary N) is 1. The van der Waals surface area contributed by atoms with E-state index in [1.165, 1.54) is 24.1 Å². The standard InChI is InChI=1S/C13H19BrN2/c1-10-3-2-6-16(9-10)13-7-12(14)5-4-11(13)8-15/h4-5,7,10H,2-3,6,8-9,15H2,1H3. The third-order valence-corrected chi connectivity index (χ3v) is 3.76. The molecule has 1 aliphatic rings. The lowest BCUT2D eigenvalue weighted by Crippen LogP contribution is -2.35. The van der Waals surface area contributed by atoms with Crippen LogP contribution in [-0.2, 0) is 6.54 Å². The zero-order chi connectivity index (χ0) is 11.5. The van der Waals surface area contributed by atoms with Gasteiger partial charge in [-0.2, -0.15) is 0 Å². The molecule has 1 atom stereocenters. The summed E-state index contributed by atoms with van der Waals surface area (Å²) in [6.07, 6.45) is 2.64. The van der Waals surface area contributed by atoms with Gasteiger partial charge in [0, 0.05) is 29.8 Å². The molecule has 88 valence electrons. The SMILES string of the molecule is CC1CCCN(c2cc(Br)ccc2CN)C1. The molecule has 1 unspecified atom stereocenters. The van der Waals surface area contributed by atoms with Crippen molar-refractivity contribution in [2.45, 2.75) is 26.3 Å². The second kappa shape index (κ2) is 5.19. The van der Waals surface area contributed by atoms with Crippen LogP contribution in [0.5, 0.6) is 0 Å². The van der Waals surface area contributed by atoms with Gasteiger partial charge in [0.25, 0.3) is 0 Å². The first-order chi connectivity index (χ1) is 7.70. The van der Waals surface area contributed by atoms with E-state index in [4.69, 9.17) is 5.73 Å². The van der Waals surface area contributed by atoms with E-state index in [1.54, 1.807) is 0 Å². The fourth-order valence-electron chi connectivity index (χ4n) is 2.41. The van der Waals surface area contributed by atoms with E-state index in [9.17, 15) is 0 Å². The van der Waals surface area contributed by atoms with Crippen LogP contribution < -0.4 is 10.6 Å². The Balaban J connectivity index is 2.26. The Labute approximate surface area is 106 Å². The van der Waals surface area contributed by atoms with Crippen molar-refractivity contribution < 1.29 is 0 Å². The van der Waals surface area contributed by atoms with Crippen LogP contribution in [0.2, 0.25) is 0 Å². The summed E-state index contributed by atoms with van der Waals surface area (Å²) in [7, 11) is 0. The van der Waals surface area contributed by atoms with Crippen molar-refractivity contribution >= 4 is 21.6 Å². The van der Waals surface area contributed by atoms with Crippen LogP contribution >= 0.6 is 15.9 Å². The monoisotopic (exact) mass is 282 g/mol. The lowest BCUT2D eigenvalue weighted by atomic mass is 9.99. The Kier molecular flexibility index (Phi) is 3.87. The lowest BCUT2D eigenvalue weighted by Gasteiger charge is -2.34. The smallest absolute Gasteiger partial charge is 0.0423 e. The van der Waals surface area contributed by atoms with Gasteiger partial charge in [-0.05, 0) is 36.5 Å². The average Bonchev–Trinajstić information content (AvgIpc) is 2.29. The molecule has 0 bridgehead atoms. The molecule has 1 aromatic carbocycles. The van der Waals surface area contributed by atoms with E-state index in [1.807, 2.05) is 0 Å². The second-order valence-corrected chi connectivity index (χ2v) is 5.59. The molecule has 0 saturated carbocycles. The maximum absolute atomic E-state index is 5.80. The van der Waals surface area contributed by atoms with Gasteiger partial charge in [0.15, 0.2) is 0 Å². The molecule has 0 aliphatic carbocycles. The van der Waals surface area contributed by atoms with Gasteiger partial charge in [-0.25, -0.2) is 0 Å². The van der Waals surface area contributed by atoms with Crippen molar-refractivity contribution in [2.75, 3.05) is 18.0 Å². The highest BCUT2D eigenvalue weighted by Crippen LogP contribution is 2.28. The summed E-state index contributed by atoms with van der Waals surface area (Å²) in [5.74, 6) is 0.790. The summed E-state index contributed by atoms with van der Waals surface area (Å²) in [4.78, 5) is 2.47. The molecule has 0 spiro atoms. The maximum Gasteiger partial charge on any atom is 0.0423 e. The third kappa shape index (κ3) is 2.58. The van der Waals surface area contributed by atoms with Crippen molar-refractivity contribution in [1.82, 2.24) is 0 Å². The molecular formula is C13H19BrN2. The van der Waals surface area contributed by atoms with Gasteiger partial charge in [0.05, 0.1) is 0 Å². The topological polar surface area (TPSA) is 29.3 Å². The van der Waals surface area contributed by atoms with E-state index in [-0.39, 0.29) is 0 Å². The van der Waals surface area contributed by atoms with Crippen LogP contribution in [0, 0.1) is 5.92 Å². The Morgan fingerprint density at radius 3 is 3.00 bits per heavy atom. The van der Waals surface area contributed by atoms with Gasteiger partial charge in [0.1, 0.15) is 0 Å². The Morgan fingerprint density at radius 1 is 1.50 bits per heavy atom. The summed E-state index contributed by atoms with van der Waals surface area (Å²) in [6.45, 7) is 5.26. The molecule has 1 fully saturated rings. The highest BCUT2D eigenvalue weighted by molar-refractivity contribution is 9.10. The molecule has 2 N–H and O–H groups in total. The average molecular weight is 283 g/mol. The predicted molar refractivity (Wildman–Crippen MR) is 72.6 cm³/mol. The first-order valence-corrected chi connectivity index (χ1v) is 6.73. The van der Waals surface area contributed by atoms with E-state index in [0.717, 1.165) is 23.5 Å². The number of hydrogen-bond acceptors (Lipinski definition) is 2. The summed E-state index contributed by atoms with van der Waals surface area (Å²) < 4.78 is 1.14. The molecule has 1 aliphatic heterocycles. The summed E-state index contributed by atoms with van der Waals surface area (Å²) >= 11 is 3.54. The van der Waals surface area contributed by atoms with E-state index in [0.29, 0.717) is 6.54 Å². The number of halogens is 1. The highest BCUT2D eigenvalue weighted by Gasteiger charge is 2.18. The molecule has 3 heteroatoms. The van der Waals surface area contributed by atoms with Crippen LogP contribution in [0.4, 0.5) is 5.69 Å². The van der Waals surface area contributed by atoms with Gasteiger partial charge >= 0.3 is 0 Å². The van der Waals surface area contributed by atoms with E-state index in [2.05, 4.69) is 46.0 Å². The minimum Gasteiger partial charge on any atom is -0.371 e. The lowest BCUT2D eigenvalue weighted by molar-refractivity contribution is 0.446. The van der Waals surface area contributed by atoms with Gasteiger partial charge in [0.2, 0.25) is 0 Å². The number of rotatable bonds is 2. The zero-order valence-electron chi connectivity index (χ0n) is 9.75. The van der Waals surface area contributed by atoms with E-state index < -0.39 is 0 Å². The number of piperidine rings is 1. The fraction of sp³-hybridized carbons (Fsp3) is 0.538. The highest BCUT2D eigenvalue weighted by atomic mass is 79.9. The quantitative estimate of drug-likeness (QED) is 0.903. The van der Waals surface area contributed by atoms with Crippen molar-refractivity contribution in [3.05, 3.63) is 28.2 Å². The van der Waals surface area contributed by atoms with Crippen LogP contribution in [0.1, 0.15) is 25.3 Å². The Bertz CT molecular complexity index is 365. The minimum atomic E-state index is 0.619. The number of hydrogen-bond donors (Lipinski definition) is 1. The van der Waals surface area contributed by atoms with Crippen LogP contribution in [0.15, 0.2) is 22.7 Å². The summed E-state index contributed by atoms with van der Waals surface area (Å²) in [6, 6.07) is 6.39. The first kappa shape index (κ1) is 11.9. The van der Waals surface area contributed by atoms with Crippen molar-refractivity contribution in [3.8, 4) is 0 Å². The number of anilines is 1. The molecule has 0 amide bonds.